The quantitative estimate of drug-likeness (QED) is 0.270. The van der Waals surface area contributed by atoms with Crippen molar-refractivity contribution in [2.75, 3.05) is 37.7 Å². The molecule has 3 amide bonds. The summed E-state index contributed by atoms with van der Waals surface area (Å²) < 4.78 is 6.84. The van der Waals surface area contributed by atoms with Crippen molar-refractivity contribution in [3.8, 4) is 0 Å². The van der Waals surface area contributed by atoms with Gasteiger partial charge in [-0.05, 0) is 76.5 Å². The molecule has 41 heavy (non-hydrogen) atoms. The van der Waals surface area contributed by atoms with E-state index in [2.05, 4.69) is 13.2 Å². The molecule has 1 aromatic rings. The van der Waals surface area contributed by atoms with E-state index in [1.54, 1.807) is 26.9 Å². The highest BCUT2D eigenvalue weighted by Crippen LogP contribution is 2.63. The number of ether oxygens (including phenoxy) is 1. The Labute approximate surface area is 245 Å². The predicted octanol–water partition coefficient (Wildman–Crippen LogP) is 4.17. The first-order valence-corrected chi connectivity index (χ1v) is 15.1. The lowest BCUT2D eigenvalue weighted by Crippen LogP contribution is -2.56. The molecule has 3 heterocycles. The van der Waals surface area contributed by atoms with Crippen molar-refractivity contribution < 1.29 is 24.2 Å². The Bertz CT molecular complexity index is 1180. The van der Waals surface area contributed by atoms with Crippen LogP contribution in [0.4, 0.5) is 5.69 Å². The first-order valence-electron chi connectivity index (χ1n) is 15.1. The molecule has 0 saturated carbocycles. The van der Waals surface area contributed by atoms with Gasteiger partial charge in [0.15, 0.2) is 0 Å². The molecule has 3 saturated heterocycles. The van der Waals surface area contributed by atoms with E-state index in [9.17, 15) is 19.5 Å². The minimum atomic E-state index is -1.08. The molecule has 0 aliphatic carbocycles. The van der Waals surface area contributed by atoms with Gasteiger partial charge in [-0.15, -0.1) is 13.2 Å². The first-order chi connectivity index (χ1) is 19.6. The molecular formula is C33H47N3O5. The lowest BCUT2D eigenvalue weighted by atomic mass is 9.66. The maximum atomic E-state index is 14.7. The van der Waals surface area contributed by atoms with Gasteiger partial charge in [0, 0.05) is 38.5 Å². The Hall–Kier alpha value is -2.97. The van der Waals surface area contributed by atoms with Crippen LogP contribution in [0.5, 0.6) is 0 Å². The summed E-state index contributed by atoms with van der Waals surface area (Å²) in [5, 5.41) is 9.32. The van der Waals surface area contributed by atoms with Crippen LogP contribution in [0.2, 0.25) is 0 Å². The van der Waals surface area contributed by atoms with E-state index >= 15 is 0 Å². The highest BCUT2D eigenvalue weighted by atomic mass is 16.5. The summed E-state index contributed by atoms with van der Waals surface area (Å²) in [4.78, 5) is 48.4. The van der Waals surface area contributed by atoms with Crippen molar-refractivity contribution in [1.29, 1.82) is 0 Å². The highest BCUT2D eigenvalue weighted by molar-refractivity contribution is 6.05. The fraction of sp³-hybridized carbons (Fsp3) is 0.606. The Morgan fingerprint density at radius 3 is 2.51 bits per heavy atom. The molecule has 5 atom stereocenters. The minimum absolute atomic E-state index is 0.0806. The van der Waals surface area contributed by atoms with Gasteiger partial charge < -0.3 is 24.5 Å². The van der Waals surface area contributed by atoms with Gasteiger partial charge in [0.2, 0.25) is 11.8 Å². The van der Waals surface area contributed by atoms with Gasteiger partial charge in [-0.2, -0.15) is 0 Å². The van der Waals surface area contributed by atoms with Gasteiger partial charge in [0.25, 0.3) is 5.91 Å². The number of carbonyl (C=O) groups excluding carboxylic acids is 3. The molecule has 2 unspecified atom stereocenters. The zero-order valence-corrected chi connectivity index (χ0v) is 25.2. The summed E-state index contributed by atoms with van der Waals surface area (Å²) in [6.45, 7) is 17.4. The number of nitrogens with zero attached hydrogens (tertiary/aromatic N) is 3. The number of fused-ring (bicyclic) bond motifs is 1. The molecule has 0 radical (unpaired) electrons. The Kier molecular flexibility index (Phi) is 9.44. The van der Waals surface area contributed by atoms with Crippen molar-refractivity contribution in [2.45, 2.75) is 83.5 Å². The second-order valence-electron chi connectivity index (χ2n) is 12.1. The van der Waals surface area contributed by atoms with Gasteiger partial charge in [-0.25, -0.2) is 0 Å². The maximum Gasteiger partial charge on any atom is 0.253 e. The molecule has 8 heteroatoms. The number of benzene rings is 1. The predicted molar refractivity (Wildman–Crippen MR) is 160 cm³/mol. The van der Waals surface area contributed by atoms with Crippen LogP contribution in [0.15, 0.2) is 43.5 Å². The van der Waals surface area contributed by atoms with Crippen LogP contribution in [-0.4, -0.2) is 82.7 Å². The smallest absolute Gasteiger partial charge is 0.253 e. The van der Waals surface area contributed by atoms with Gasteiger partial charge in [-0.1, -0.05) is 31.2 Å². The van der Waals surface area contributed by atoms with Crippen molar-refractivity contribution in [3.63, 3.8) is 0 Å². The number of amides is 3. The number of rotatable bonds is 14. The molecule has 224 valence electrons. The largest absolute Gasteiger partial charge is 0.396 e. The minimum Gasteiger partial charge on any atom is -0.396 e. The molecule has 3 fully saturated rings. The number of hydrogen-bond donors (Lipinski definition) is 1. The van der Waals surface area contributed by atoms with Crippen LogP contribution in [0.3, 0.4) is 0 Å². The number of unbranched alkanes of at least 4 members (excludes halogenated alkanes) is 2. The molecule has 1 spiro atoms. The van der Waals surface area contributed by atoms with E-state index in [1.807, 2.05) is 45.9 Å². The molecule has 0 aromatic heterocycles. The van der Waals surface area contributed by atoms with Gasteiger partial charge in [0.1, 0.15) is 11.6 Å². The monoisotopic (exact) mass is 565 g/mol. The number of aliphatic hydroxyl groups excluding tert-OH is 1. The average Bonchev–Trinajstić information content (AvgIpc) is 3.51. The summed E-state index contributed by atoms with van der Waals surface area (Å²) in [6, 6.07) is 5.15. The van der Waals surface area contributed by atoms with Crippen LogP contribution >= 0.6 is 0 Å². The number of carbonyl (C=O) groups is 3. The Morgan fingerprint density at radius 2 is 1.85 bits per heavy atom. The summed E-state index contributed by atoms with van der Waals surface area (Å²) in [5.41, 5.74) is 0.864. The maximum absolute atomic E-state index is 14.7. The number of hydrogen-bond acceptors (Lipinski definition) is 5. The molecule has 3 aliphatic rings. The number of aryl methyl sites for hydroxylation is 2. The summed E-state index contributed by atoms with van der Waals surface area (Å²) in [5.74, 6) is -1.87. The summed E-state index contributed by atoms with van der Waals surface area (Å²) >= 11 is 0. The molecular weight excluding hydrogens is 518 g/mol. The van der Waals surface area contributed by atoms with Crippen LogP contribution in [0.1, 0.15) is 63.5 Å². The fourth-order valence-corrected chi connectivity index (χ4v) is 7.40. The average molecular weight is 566 g/mol. The molecule has 4 rings (SSSR count). The zero-order chi connectivity index (χ0) is 29.9. The second kappa shape index (κ2) is 12.5. The van der Waals surface area contributed by atoms with Crippen molar-refractivity contribution in [1.82, 2.24) is 9.80 Å². The first kappa shape index (κ1) is 31.0. The summed E-state index contributed by atoms with van der Waals surface area (Å²) in [7, 11) is 0. The Morgan fingerprint density at radius 1 is 1.12 bits per heavy atom. The van der Waals surface area contributed by atoms with Gasteiger partial charge in [0.05, 0.1) is 17.4 Å². The third-order valence-corrected chi connectivity index (χ3v) is 9.22. The molecule has 1 N–H and O–H groups in total. The van der Waals surface area contributed by atoms with Crippen LogP contribution in [0.25, 0.3) is 0 Å². The normalized spacial score (nSPS) is 28.1. The van der Waals surface area contributed by atoms with E-state index in [4.69, 9.17) is 4.74 Å². The standard InChI is InChI=1S/C33H47N3O5/c1-7-17-34(18-8-2)29(38)26-27-30(39)36(20-11-10-12-21-37)28(33(27)16-15-32(26,6)41-33)31(40)35(19-9-3)25-22-23(4)13-14-24(25)5/h7,9,13-14,22,26-28,37H,1,3,8,10-12,15-21H2,2,4-6H3/t26-,27-,28?,32+,33?/m0/s1. The van der Waals surface area contributed by atoms with Crippen LogP contribution in [0, 0.1) is 25.7 Å². The van der Waals surface area contributed by atoms with Crippen LogP contribution in [-0.2, 0) is 19.1 Å². The van der Waals surface area contributed by atoms with E-state index < -0.39 is 29.1 Å². The highest BCUT2D eigenvalue weighted by Gasteiger charge is 2.78. The molecule has 2 bridgehead atoms. The van der Waals surface area contributed by atoms with Crippen molar-refractivity contribution in [3.05, 3.63) is 54.6 Å². The third-order valence-electron chi connectivity index (χ3n) is 9.22. The topological polar surface area (TPSA) is 90.4 Å². The molecule has 1 aromatic carbocycles. The van der Waals surface area contributed by atoms with E-state index in [0.29, 0.717) is 45.3 Å². The fourth-order valence-electron chi connectivity index (χ4n) is 7.40. The van der Waals surface area contributed by atoms with Crippen molar-refractivity contribution in [2.24, 2.45) is 11.8 Å². The number of aliphatic hydroxyl groups is 1. The van der Waals surface area contributed by atoms with Gasteiger partial charge >= 0.3 is 0 Å². The third kappa shape index (κ3) is 5.37. The Balaban J connectivity index is 1.80. The SMILES string of the molecule is C=CCN(CCC)C(=O)[C@@H]1[C@H]2C(=O)N(CCCCCO)C(C(=O)N(CC=C)c3cc(C)ccc3C)C23CC[C@@]1(C)O3. The second-order valence-corrected chi connectivity index (χ2v) is 12.1. The summed E-state index contributed by atoms with van der Waals surface area (Å²) in [6.07, 6.45) is 7.37. The number of likely N-dealkylation sites (tertiary alicyclic amines) is 1. The van der Waals surface area contributed by atoms with Crippen LogP contribution < -0.4 is 4.90 Å². The van der Waals surface area contributed by atoms with E-state index in [0.717, 1.165) is 29.7 Å². The molecule has 3 aliphatic heterocycles. The van der Waals surface area contributed by atoms with Gasteiger partial charge in [-0.3, -0.25) is 14.4 Å². The van der Waals surface area contributed by atoms with Crippen molar-refractivity contribution >= 4 is 23.4 Å². The zero-order valence-electron chi connectivity index (χ0n) is 25.2. The van der Waals surface area contributed by atoms with E-state index in [1.165, 1.54) is 0 Å². The number of anilines is 1. The lowest BCUT2D eigenvalue weighted by molar-refractivity contribution is -0.149. The molecule has 8 nitrogen and oxygen atoms in total. The van der Waals surface area contributed by atoms with E-state index in [-0.39, 0.29) is 30.9 Å². The lowest BCUT2D eigenvalue weighted by Gasteiger charge is -2.37.